The first kappa shape index (κ1) is 13.6. The fraction of sp³-hybridized carbons (Fsp3) is 0.385. The van der Waals surface area contributed by atoms with E-state index in [4.69, 9.17) is 4.74 Å². The van der Waals surface area contributed by atoms with Crippen LogP contribution in [-0.2, 0) is 4.74 Å². The van der Waals surface area contributed by atoms with Crippen molar-refractivity contribution in [3.63, 3.8) is 0 Å². The van der Waals surface area contributed by atoms with E-state index in [0.717, 1.165) is 5.56 Å². The predicted octanol–water partition coefficient (Wildman–Crippen LogP) is 3.40. The van der Waals surface area contributed by atoms with E-state index in [1.54, 1.807) is 12.1 Å². The molecule has 0 saturated heterocycles. The van der Waals surface area contributed by atoms with Crippen LogP contribution in [0.4, 0.5) is 13.2 Å². The van der Waals surface area contributed by atoms with Gasteiger partial charge in [0.1, 0.15) is 12.2 Å². The Bertz CT molecular complexity index is 410. The summed E-state index contributed by atoms with van der Waals surface area (Å²) in [6.45, 7) is 1.73. The van der Waals surface area contributed by atoms with Gasteiger partial charge in [-0.05, 0) is 26.0 Å². The van der Waals surface area contributed by atoms with E-state index < -0.39 is 18.4 Å². The summed E-state index contributed by atoms with van der Waals surface area (Å²) in [7, 11) is 0. The van der Waals surface area contributed by atoms with E-state index in [1.807, 2.05) is 18.2 Å². The van der Waals surface area contributed by atoms with Gasteiger partial charge >= 0.3 is 6.18 Å². The lowest BCUT2D eigenvalue weighted by Gasteiger charge is -2.19. The molecular formula is C13H13F3O. The Morgan fingerprint density at radius 1 is 1.12 bits per heavy atom. The fourth-order valence-electron chi connectivity index (χ4n) is 1.04. The zero-order valence-electron chi connectivity index (χ0n) is 9.64. The van der Waals surface area contributed by atoms with E-state index in [9.17, 15) is 13.2 Å². The summed E-state index contributed by atoms with van der Waals surface area (Å²) < 4.78 is 40.6. The second-order valence-electron chi connectivity index (χ2n) is 4.03. The second-order valence-corrected chi connectivity index (χ2v) is 4.03. The van der Waals surface area contributed by atoms with E-state index in [1.165, 1.54) is 13.8 Å². The van der Waals surface area contributed by atoms with Gasteiger partial charge in [0.2, 0.25) is 0 Å². The molecular weight excluding hydrogens is 229 g/mol. The summed E-state index contributed by atoms with van der Waals surface area (Å²) in [5.74, 6) is 5.45. The highest BCUT2D eigenvalue weighted by Gasteiger charge is 2.31. The number of alkyl halides is 3. The summed E-state index contributed by atoms with van der Waals surface area (Å²) in [6, 6.07) is 9.04. The Morgan fingerprint density at radius 2 is 1.71 bits per heavy atom. The fourth-order valence-corrected chi connectivity index (χ4v) is 1.04. The molecule has 92 valence electrons. The molecule has 0 saturated carbocycles. The third-order valence-electron chi connectivity index (χ3n) is 1.88. The SMILES string of the molecule is CC(C)(C#Cc1ccccc1)OCC(F)(F)F. The molecule has 0 aromatic heterocycles. The van der Waals surface area contributed by atoms with Crippen molar-refractivity contribution < 1.29 is 17.9 Å². The Morgan fingerprint density at radius 3 is 2.24 bits per heavy atom. The summed E-state index contributed by atoms with van der Waals surface area (Å²) in [4.78, 5) is 0. The lowest BCUT2D eigenvalue weighted by Crippen LogP contribution is -2.29. The third-order valence-corrected chi connectivity index (χ3v) is 1.88. The maximum atomic E-state index is 12.0. The van der Waals surface area contributed by atoms with Gasteiger partial charge in [-0.2, -0.15) is 13.2 Å². The maximum Gasteiger partial charge on any atom is 0.411 e. The van der Waals surface area contributed by atoms with Gasteiger partial charge in [0, 0.05) is 5.56 Å². The largest absolute Gasteiger partial charge is 0.411 e. The van der Waals surface area contributed by atoms with Crippen LogP contribution in [-0.4, -0.2) is 18.4 Å². The molecule has 0 spiro atoms. The van der Waals surface area contributed by atoms with Gasteiger partial charge in [0.05, 0.1) is 0 Å². The van der Waals surface area contributed by atoms with E-state index in [2.05, 4.69) is 11.8 Å². The maximum absolute atomic E-state index is 12.0. The van der Waals surface area contributed by atoms with Crippen molar-refractivity contribution >= 4 is 0 Å². The third kappa shape index (κ3) is 5.98. The summed E-state index contributed by atoms with van der Waals surface area (Å²) >= 11 is 0. The van der Waals surface area contributed by atoms with Crippen LogP contribution in [0.15, 0.2) is 30.3 Å². The first-order chi connectivity index (χ1) is 7.79. The minimum absolute atomic E-state index is 0.746. The summed E-state index contributed by atoms with van der Waals surface area (Å²) in [5.41, 5.74) is -0.373. The molecule has 1 aromatic carbocycles. The van der Waals surface area contributed by atoms with Gasteiger partial charge in [-0.3, -0.25) is 0 Å². The van der Waals surface area contributed by atoms with Crippen LogP contribution in [0.1, 0.15) is 19.4 Å². The van der Waals surface area contributed by atoms with E-state index in [0.29, 0.717) is 0 Å². The van der Waals surface area contributed by atoms with Crippen LogP contribution < -0.4 is 0 Å². The van der Waals surface area contributed by atoms with Crippen LogP contribution in [0.25, 0.3) is 0 Å². The first-order valence-electron chi connectivity index (χ1n) is 5.07. The van der Waals surface area contributed by atoms with E-state index in [-0.39, 0.29) is 0 Å². The molecule has 17 heavy (non-hydrogen) atoms. The topological polar surface area (TPSA) is 9.23 Å². The zero-order chi connectivity index (χ0) is 12.9. The molecule has 0 N–H and O–H groups in total. The Labute approximate surface area is 98.6 Å². The van der Waals surface area contributed by atoms with Crippen molar-refractivity contribution in [2.75, 3.05) is 6.61 Å². The number of rotatable bonds is 2. The normalized spacial score (nSPS) is 11.8. The first-order valence-corrected chi connectivity index (χ1v) is 5.07. The summed E-state index contributed by atoms with van der Waals surface area (Å²) in [6.07, 6.45) is -4.33. The molecule has 0 unspecified atom stereocenters. The number of hydrogen-bond donors (Lipinski definition) is 0. The molecule has 0 aliphatic heterocycles. The van der Waals surface area contributed by atoms with Crippen LogP contribution in [0, 0.1) is 11.8 Å². The smallest absolute Gasteiger partial charge is 0.354 e. The Balaban J connectivity index is 2.64. The number of halogens is 3. The molecule has 0 fully saturated rings. The quantitative estimate of drug-likeness (QED) is 0.722. The molecule has 0 bridgehead atoms. The predicted molar refractivity (Wildman–Crippen MR) is 59.4 cm³/mol. The van der Waals surface area contributed by atoms with Crippen molar-refractivity contribution in [1.29, 1.82) is 0 Å². The standard InChI is InChI=1S/C13H13F3O/c1-12(2,17-10-13(14,15)16)9-8-11-6-4-3-5-7-11/h3-7H,10H2,1-2H3. The highest BCUT2D eigenvalue weighted by Crippen LogP contribution is 2.19. The van der Waals surface area contributed by atoms with Gasteiger partial charge in [0.25, 0.3) is 0 Å². The molecule has 1 nitrogen and oxygen atoms in total. The molecule has 0 radical (unpaired) electrons. The molecule has 0 atom stereocenters. The highest BCUT2D eigenvalue weighted by atomic mass is 19.4. The number of benzene rings is 1. The lowest BCUT2D eigenvalue weighted by molar-refractivity contribution is -0.191. The molecule has 0 heterocycles. The van der Waals surface area contributed by atoms with Crippen molar-refractivity contribution in [3.05, 3.63) is 35.9 Å². The Kier molecular flexibility index (Phi) is 4.19. The van der Waals surface area contributed by atoms with Crippen molar-refractivity contribution in [2.45, 2.75) is 25.6 Å². The Hall–Kier alpha value is -1.47. The van der Waals surface area contributed by atoms with Crippen molar-refractivity contribution in [2.24, 2.45) is 0 Å². The molecule has 0 aliphatic carbocycles. The summed E-state index contributed by atoms with van der Waals surface area (Å²) in [5, 5.41) is 0. The molecule has 4 heteroatoms. The van der Waals surface area contributed by atoms with Crippen LogP contribution in [0.2, 0.25) is 0 Å². The average Bonchev–Trinajstić information content (AvgIpc) is 2.25. The molecule has 0 aliphatic rings. The van der Waals surface area contributed by atoms with Gasteiger partial charge in [-0.15, -0.1) is 0 Å². The van der Waals surface area contributed by atoms with Gasteiger partial charge in [-0.1, -0.05) is 30.0 Å². The second kappa shape index (κ2) is 5.24. The van der Waals surface area contributed by atoms with Crippen molar-refractivity contribution in [1.82, 2.24) is 0 Å². The van der Waals surface area contributed by atoms with Crippen molar-refractivity contribution in [3.8, 4) is 11.8 Å². The van der Waals surface area contributed by atoms with Crippen LogP contribution in [0.3, 0.4) is 0 Å². The van der Waals surface area contributed by atoms with Gasteiger partial charge in [-0.25, -0.2) is 0 Å². The number of ether oxygens (including phenoxy) is 1. The lowest BCUT2D eigenvalue weighted by atomic mass is 10.1. The molecule has 0 amide bonds. The van der Waals surface area contributed by atoms with Gasteiger partial charge in [0.15, 0.2) is 0 Å². The minimum atomic E-state index is -4.33. The average molecular weight is 242 g/mol. The molecule has 1 aromatic rings. The molecule has 1 rings (SSSR count). The highest BCUT2D eigenvalue weighted by molar-refractivity contribution is 5.35. The minimum Gasteiger partial charge on any atom is -0.354 e. The van der Waals surface area contributed by atoms with E-state index >= 15 is 0 Å². The number of hydrogen-bond acceptors (Lipinski definition) is 1. The van der Waals surface area contributed by atoms with Crippen LogP contribution >= 0.6 is 0 Å². The van der Waals surface area contributed by atoms with Gasteiger partial charge < -0.3 is 4.74 Å². The monoisotopic (exact) mass is 242 g/mol. The van der Waals surface area contributed by atoms with Crippen LogP contribution in [0.5, 0.6) is 0 Å². The zero-order valence-corrected chi connectivity index (χ0v) is 9.64.